The lowest BCUT2D eigenvalue weighted by Gasteiger charge is -2.11. The molecule has 0 aliphatic carbocycles. The van der Waals surface area contributed by atoms with Crippen LogP contribution in [0.3, 0.4) is 0 Å². The summed E-state index contributed by atoms with van der Waals surface area (Å²) in [5.41, 5.74) is 0.483. The zero-order valence-corrected chi connectivity index (χ0v) is 9.57. The SMILES string of the molecule is O=Cc1ccc(OCC2CNC(=O)O2)c(Cl)c1. The Hall–Kier alpha value is -1.75. The minimum atomic E-state index is -0.444. The first-order chi connectivity index (χ1) is 8.19. The molecule has 1 aliphatic rings. The van der Waals surface area contributed by atoms with Crippen molar-refractivity contribution in [2.75, 3.05) is 13.2 Å². The Bertz CT molecular complexity index is 449. The van der Waals surface area contributed by atoms with E-state index in [0.717, 1.165) is 0 Å². The molecular formula is C11H10ClNO4. The van der Waals surface area contributed by atoms with E-state index < -0.39 is 6.09 Å². The van der Waals surface area contributed by atoms with Gasteiger partial charge in [0.1, 0.15) is 18.6 Å². The largest absolute Gasteiger partial charge is 0.488 e. The number of carbonyl (C=O) groups is 2. The molecule has 1 atom stereocenters. The van der Waals surface area contributed by atoms with E-state index in [9.17, 15) is 9.59 Å². The van der Waals surface area contributed by atoms with Gasteiger partial charge < -0.3 is 14.8 Å². The second-order valence-electron chi connectivity index (χ2n) is 3.53. The minimum Gasteiger partial charge on any atom is -0.488 e. The van der Waals surface area contributed by atoms with Crippen molar-refractivity contribution >= 4 is 24.0 Å². The van der Waals surface area contributed by atoms with E-state index in [1.54, 1.807) is 12.1 Å². The van der Waals surface area contributed by atoms with Gasteiger partial charge in [-0.25, -0.2) is 4.79 Å². The molecule has 1 fully saturated rings. The number of amides is 1. The molecule has 90 valence electrons. The molecule has 0 bridgehead atoms. The highest BCUT2D eigenvalue weighted by molar-refractivity contribution is 6.32. The molecule has 0 saturated carbocycles. The molecule has 2 rings (SSSR count). The van der Waals surface area contributed by atoms with Gasteiger partial charge in [-0.05, 0) is 18.2 Å². The Balaban J connectivity index is 1.94. The summed E-state index contributed by atoms with van der Waals surface area (Å²) in [6, 6.07) is 4.73. The first-order valence-corrected chi connectivity index (χ1v) is 5.39. The lowest BCUT2D eigenvalue weighted by atomic mass is 10.2. The lowest BCUT2D eigenvalue weighted by Crippen LogP contribution is -2.22. The third-order valence-electron chi connectivity index (χ3n) is 2.26. The zero-order chi connectivity index (χ0) is 12.3. The van der Waals surface area contributed by atoms with Gasteiger partial charge in [-0.2, -0.15) is 0 Å². The van der Waals surface area contributed by atoms with E-state index >= 15 is 0 Å². The highest BCUT2D eigenvalue weighted by atomic mass is 35.5. The molecule has 5 nitrogen and oxygen atoms in total. The average Bonchev–Trinajstić information content (AvgIpc) is 2.73. The van der Waals surface area contributed by atoms with Crippen molar-refractivity contribution in [1.29, 1.82) is 0 Å². The summed E-state index contributed by atoms with van der Waals surface area (Å²) in [6.07, 6.45) is -0.0523. The fourth-order valence-electron chi connectivity index (χ4n) is 1.42. The molecule has 1 N–H and O–H groups in total. The Kier molecular flexibility index (Phi) is 3.49. The average molecular weight is 256 g/mol. The van der Waals surface area contributed by atoms with Crippen LogP contribution in [0, 0.1) is 0 Å². The zero-order valence-electron chi connectivity index (χ0n) is 8.81. The summed E-state index contributed by atoms with van der Waals surface area (Å²) >= 11 is 5.92. The maximum absolute atomic E-state index is 10.8. The maximum atomic E-state index is 10.8. The van der Waals surface area contributed by atoms with Crippen LogP contribution in [0.4, 0.5) is 4.79 Å². The number of ether oxygens (including phenoxy) is 2. The molecule has 1 aromatic rings. The number of nitrogens with one attached hydrogen (secondary N) is 1. The van der Waals surface area contributed by atoms with Crippen LogP contribution in [0.15, 0.2) is 18.2 Å². The number of benzene rings is 1. The first-order valence-electron chi connectivity index (χ1n) is 5.01. The fourth-order valence-corrected chi connectivity index (χ4v) is 1.66. The Morgan fingerprint density at radius 1 is 1.59 bits per heavy atom. The van der Waals surface area contributed by atoms with Crippen LogP contribution in [-0.4, -0.2) is 31.6 Å². The van der Waals surface area contributed by atoms with Crippen LogP contribution in [0.1, 0.15) is 10.4 Å². The van der Waals surface area contributed by atoms with Gasteiger partial charge in [0.25, 0.3) is 0 Å². The van der Waals surface area contributed by atoms with Crippen LogP contribution in [0.2, 0.25) is 5.02 Å². The van der Waals surface area contributed by atoms with Crippen molar-refractivity contribution in [1.82, 2.24) is 5.32 Å². The summed E-state index contributed by atoms with van der Waals surface area (Å²) in [7, 11) is 0. The van der Waals surface area contributed by atoms with Gasteiger partial charge in [0.05, 0.1) is 11.6 Å². The van der Waals surface area contributed by atoms with Gasteiger partial charge in [0.2, 0.25) is 0 Å². The van der Waals surface area contributed by atoms with Crippen molar-refractivity contribution < 1.29 is 19.1 Å². The smallest absolute Gasteiger partial charge is 0.407 e. The lowest BCUT2D eigenvalue weighted by molar-refractivity contribution is 0.104. The number of carbonyl (C=O) groups excluding carboxylic acids is 2. The molecule has 1 aliphatic heterocycles. The third-order valence-corrected chi connectivity index (χ3v) is 2.56. The first kappa shape index (κ1) is 11.7. The summed E-state index contributed by atoms with van der Waals surface area (Å²) in [6.45, 7) is 0.641. The van der Waals surface area contributed by atoms with Gasteiger partial charge in [0.15, 0.2) is 6.10 Å². The third kappa shape index (κ3) is 2.88. The number of aldehydes is 1. The Morgan fingerprint density at radius 2 is 2.41 bits per heavy atom. The van der Waals surface area contributed by atoms with Crippen LogP contribution in [-0.2, 0) is 4.74 Å². The molecule has 0 aromatic heterocycles. The molecule has 1 heterocycles. The van der Waals surface area contributed by atoms with Gasteiger partial charge in [-0.1, -0.05) is 11.6 Å². The monoisotopic (exact) mass is 255 g/mol. The normalized spacial score (nSPS) is 18.4. The van der Waals surface area contributed by atoms with Gasteiger partial charge >= 0.3 is 6.09 Å². The van der Waals surface area contributed by atoms with E-state index in [4.69, 9.17) is 21.1 Å². The Labute approximate surface area is 103 Å². The Morgan fingerprint density at radius 3 is 3.00 bits per heavy atom. The molecular weight excluding hydrogens is 246 g/mol. The maximum Gasteiger partial charge on any atom is 0.407 e. The van der Waals surface area contributed by atoms with Crippen molar-refractivity contribution in [3.05, 3.63) is 28.8 Å². The van der Waals surface area contributed by atoms with Crippen LogP contribution in [0.5, 0.6) is 5.75 Å². The molecule has 17 heavy (non-hydrogen) atoms. The highest BCUT2D eigenvalue weighted by Gasteiger charge is 2.23. The fraction of sp³-hybridized carbons (Fsp3) is 0.273. The van der Waals surface area contributed by atoms with Gasteiger partial charge in [0, 0.05) is 5.56 Å². The topological polar surface area (TPSA) is 64.6 Å². The summed E-state index contributed by atoms with van der Waals surface area (Å²) < 4.78 is 10.3. The van der Waals surface area contributed by atoms with Crippen LogP contribution in [0.25, 0.3) is 0 Å². The number of rotatable bonds is 4. The molecule has 6 heteroatoms. The van der Waals surface area contributed by atoms with E-state index in [1.165, 1.54) is 6.07 Å². The number of hydrogen-bond donors (Lipinski definition) is 1. The molecule has 1 unspecified atom stereocenters. The van der Waals surface area contributed by atoms with E-state index in [2.05, 4.69) is 5.32 Å². The number of hydrogen-bond acceptors (Lipinski definition) is 4. The van der Waals surface area contributed by atoms with Crippen LogP contribution >= 0.6 is 11.6 Å². The number of halogens is 1. The van der Waals surface area contributed by atoms with E-state index in [-0.39, 0.29) is 12.7 Å². The van der Waals surface area contributed by atoms with Crippen LogP contribution < -0.4 is 10.1 Å². The second kappa shape index (κ2) is 5.05. The minimum absolute atomic E-state index is 0.221. The summed E-state index contributed by atoms with van der Waals surface area (Å²) in [5, 5.41) is 2.87. The van der Waals surface area contributed by atoms with Crippen molar-refractivity contribution in [2.45, 2.75) is 6.10 Å². The van der Waals surface area contributed by atoms with Crippen molar-refractivity contribution in [2.24, 2.45) is 0 Å². The molecule has 1 saturated heterocycles. The molecule has 1 aromatic carbocycles. The molecule has 1 amide bonds. The van der Waals surface area contributed by atoms with Gasteiger partial charge in [-0.15, -0.1) is 0 Å². The predicted octanol–water partition coefficient (Wildman–Crippen LogP) is 1.64. The molecule has 0 spiro atoms. The molecule has 0 radical (unpaired) electrons. The van der Waals surface area contributed by atoms with E-state index in [1.807, 2.05) is 0 Å². The number of alkyl carbamates (subject to hydrolysis) is 1. The standard InChI is InChI=1S/C11H10ClNO4/c12-9-3-7(5-14)1-2-10(9)16-6-8-4-13-11(15)17-8/h1-3,5,8H,4,6H2,(H,13,15). The quantitative estimate of drug-likeness (QED) is 0.831. The second-order valence-corrected chi connectivity index (χ2v) is 3.93. The number of cyclic esters (lactones) is 1. The van der Waals surface area contributed by atoms with Crippen molar-refractivity contribution in [3.8, 4) is 5.75 Å². The summed E-state index contributed by atoms with van der Waals surface area (Å²) in [4.78, 5) is 21.3. The van der Waals surface area contributed by atoms with Crippen molar-refractivity contribution in [3.63, 3.8) is 0 Å². The highest BCUT2D eigenvalue weighted by Crippen LogP contribution is 2.25. The summed E-state index contributed by atoms with van der Waals surface area (Å²) in [5.74, 6) is 0.459. The predicted molar refractivity (Wildman–Crippen MR) is 60.6 cm³/mol. The van der Waals surface area contributed by atoms with E-state index in [0.29, 0.717) is 29.2 Å². The van der Waals surface area contributed by atoms with Gasteiger partial charge in [-0.3, -0.25) is 4.79 Å².